The molecule has 1 rings (SSSR count). The van der Waals surface area contributed by atoms with Crippen molar-refractivity contribution in [3.63, 3.8) is 0 Å². The molecule has 16 heavy (non-hydrogen) atoms. The quantitative estimate of drug-likeness (QED) is 0.784. The lowest BCUT2D eigenvalue weighted by molar-refractivity contribution is 0.194. The molecule has 0 saturated carbocycles. The number of anilines is 1. The van der Waals surface area contributed by atoms with Gasteiger partial charge in [-0.2, -0.15) is 0 Å². The Bertz CT molecular complexity index is 393. The molecule has 0 saturated heterocycles. The molecule has 0 aromatic heterocycles. The molecule has 3 heteroatoms. The van der Waals surface area contributed by atoms with Gasteiger partial charge in [0.25, 0.3) is 0 Å². The predicted octanol–water partition coefficient (Wildman–Crippen LogP) is 1.82. The number of benzene rings is 1. The average molecular weight is 219 g/mol. The summed E-state index contributed by atoms with van der Waals surface area (Å²) in [5.74, 6) is 3.25. The van der Waals surface area contributed by atoms with Gasteiger partial charge in [0.05, 0.1) is 19.8 Å². The number of aliphatic hydroxyl groups is 1. The summed E-state index contributed by atoms with van der Waals surface area (Å²) >= 11 is 0. The number of methoxy groups -OCH3 is 1. The number of aliphatic hydroxyl groups excluding tert-OH is 1. The van der Waals surface area contributed by atoms with E-state index in [9.17, 15) is 5.11 Å². The predicted molar refractivity (Wildman–Crippen MR) is 65.7 cm³/mol. The molecule has 0 heterocycles. The van der Waals surface area contributed by atoms with Crippen LogP contribution in [0, 0.1) is 12.3 Å². The van der Waals surface area contributed by atoms with Crippen LogP contribution in [0.15, 0.2) is 18.2 Å². The Balaban J connectivity index is 3.22. The summed E-state index contributed by atoms with van der Waals surface area (Å²) in [5.41, 5.74) is 1.66. The Morgan fingerprint density at radius 1 is 1.56 bits per heavy atom. The van der Waals surface area contributed by atoms with Crippen molar-refractivity contribution in [1.82, 2.24) is 0 Å². The van der Waals surface area contributed by atoms with Gasteiger partial charge in [-0.25, -0.2) is 0 Å². The number of terminal acetylenes is 1. The maximum atomic E-state index is 9.78. The van der Waals surface area contributed by atoms with Gasteiger partial charge in [0.1, 0.15) is 5.75 Å². The van der Waals surface area contributed by atoms with E-state index >= 15 is 0 Å². The maximum absolute atomic E-state index is 9.78. The fourth-order valence-corrected chi connectivity index (χ4v) is 1.69. The summed E-state index contributed by atoms with van der Waals surface area (Å²) in [4.78, 5) is 1.91. The van der Waals surface area contributed by atoms with E-state index in [-0.39, 0.29) is 0 Å². The molecule has 3 nitrogen and oxygen atoms in total. The number of rotatable bonds is 4. The van der Waals surface area contributed by atoms with Gasteiger partial charge in [-0.3, -0.25) is 0 Å². The van der Waals surface area contributed by atoms with Gasteiger partial charge < -0.3 is 14.7 Å². The standard InChI is InChI=1S/C13H17NO2/c1-5-9-14(3)11-7-6-8-12(16-4)13(11)10(2)15/h1,6-8,10,15H,9H2,2-4H3/t10-/m1/s1. The first kappa shape index (κ1) is 12.4. The Labute approximate surface area is 96.7 Å². The smallest absolute Gasteiger partial charge is 0.126 e. The second-order valence-electron chi connectivity index (χ2n) is 3.63. The summed E-state index contributed by atoms with van der Waals surface area (Å²) in [7, 11) is 3.48. The molecule has 0 aliphatic carbocycles. The van der Waals surface area contributed by atoms with Crippen molar-refractivity contribution in [2.24, 2.45) is 0 Å². The van der Waals surface area contributed by atoms with Crippen molar-refractivity contribution in [2.45, 2.75) is 13.0 Å². The fraction of sp³-hybridized carbons (Fsp3) is 0.385. The number of ether oxygens (including phenoxy) is 1. The van der Waals surface area contributed by atoms with E-state index in [2.05, 4.69) is 5.92 Å². The molecule has 1 aromatic rings. The Hall–Kier alpha value is -1.66. The van der Waals surface area contributed by atoms with Crippen molar-refractivity contribution >= 4 is 5.69 Å². The van der Waals surface area contributed by atoms with E-state index in [1.54, 1.807) is 14.0 Å². The lowest BCUT2D eigenvalue weighted by Crippen LogP contribution is -2.19. The molecule has 0 unspecified atom stereocenters. The van der Waals surface area contributed by atoms with Gasteiger partial charge >= 0.3 is 0 Å². The molecule has 1 aromatic carbocycles. The minimum absolute atomic E-state index is 0.493. The van der Waals surface area contributed by atoms with Crippen molar-refractivity contribution in [1.29, 1.82) is 0 Å². The molecule has 0 aliphatic heterocycles. The van der Waals surface area contributed by atoms with Gasteiger partial charge in [-0.15, -0.1) is 6.42 Å². The van der Waals surface area contributed by atoms with E-state index in [0.29, 0.717) is 12.3 Å². The Morgan fingerprint density at radius 2 is 2.25 bits per heavy atom. The molecular formula is C13H17NO2. The summed E-state index contributed by atoms with van der Waals surface area (Å²) in [5, 5.41) is 9.78. The first-order chi connectivity index (χ1) is 7.61. The van der Waals surface area contributed by atoms with Crippen molar-refractivity contribution < 1.29 is 9.84 Å². The normalized spacial score (nSPS) is 11.7. The van der Waals surface area contributed by atoms with Crippen LogP contribution >= 0.6 is 0 Å². The van der Waals surface area contributed by atoms with Crippen LogP contribution in [0.2, 0.25) is 0 Å². The number of hydrogen-bond acceptors (Lipinski definition) is 3. The van der Waals surface area contributed by atoms with Gasteiger partial charge in [0, 0.05) is 18.3 Å². The molecule has 0 bridgehead atoms. The zero-order valence-corrected chi connectivity index (χ0v) is 9.90. The van der Waals surface area contributed by atoms with E-state index in [4.69, 9.17) is 11.2 Å². The average Bonchev–Trinajstić information content (AvgIpc) is 2.28. The highest BCUT2D eigenvalue weighted by molar-refractivity contribution is 5.60. The molecule has 0 amide bonds. The highest BCUT2D eigenvalue weighted by Crippen LogP contribution is 2.33. The van der Waals surface area contributed by atoms with E-state index in [1.165, 1.54) is 0 Å². The molecule has 1 atom stereocenters. The molecular weight excluding hydrogens is 202 g/mol. The number of nitrogens with zero attached hydrogens (tertiary/aromatic N) is 1. The minimum Gasteiger partial charge on any atom is -0.496 e. The van der Waals surface area contributed by atoms with Gasteiger partial charge in [0.2, 0.25) is 0 Å². The van der Waals surface area contributed by atoms with Crippen LogP contribution in [0.25, 0.3) is 0 Å². The second-order valence-corrected chi connectivity index (χ2v) is 3.63. The summed E-state index contributed by atoms with van der Waals surface area (Å²) in [6.45, 7) is 2.21. The first-order valence-corrected chi connectivity index (χ1v) is 5.11. The van der Waals surface area contributed by atoms with Crippen LogP contribution in [0.3, 0.4) is 0 Å². The van der Waals surface area contributed by atoms with Gasteiger partial charge in [-0.1, -0.05) is 12.0 Å². The van der Waals surface area contributed by atoms with Crippen molar-refractivity contribution in [3.8, 4) is 18.1 Å². The highest BCUT2D eigenvalue weighted by Gasteiger charge is 2.16. The molecule has 1 N–H and O–H groups in total. The molecule has 0 radical (unpaired) electrons. The summed E-state index contributed by atoms with van der Waals surface area (Å²) in [6.07, 6.45) is 4.69. The highest BCUT2D eigenvalue weighted by atomic mass is 16.5. The minimum atomic E-state index is -0.591. The van der Waals surface area contributed by atoms with Crippen molar-refractivity contribution in [3.05, 3.63) is 23.8 Å². The molecule has 0 fully saturated rings. The largest absolute Gasteiger partial charge is 0.496 e. The lowest BCUT2D eigenvalue weighted by Gasteiger charge is -2.23. The topological polar surface area (TPSA) is 32.7 Å². The third-order valence-corrected chi connectivity index (χ3v) is 2.42. The van der Waals surface area contributed by atoms with Crippen molar-refractivity contribution in [2.75, 3.05) is 25.6 Å². The second kappa shape index (κ2) is 5.43. The zero-order valence-electron chi connectivity index (χ0n) is 9.90. The first-order valence-electron chi connectivity index (χ1n) is 5.11. The van der Waals surface area contributed by atoms with Gasteiger partial charge in [-0.05, 0) is 19.1 Å². The SMILES string of the molecule is C#CCN(C)c1cccc(OC)c1[C@@H](C)O. The fourth-order valence-electron chi connectivity index (χ4n) is 1.69. The van der Waals surface area contributed by atoms with Crippen LogP contribution in [0.5, 0.6) is 5.75 Å². The van der Waals surface area contributed by atoms with E-state index in [0.717, 1.165) is 11.3 Å². The van der Waals surface area contributed by atoms with Crippen LogP contribution in [-0.4, -0.2) is 25.8 Å². The van der Waals surface area contributed by atoms with Crippen LogP contribution in [0.4, 0.5) is 5.69 Å². The third-order valence-electron chi connectivity index (χ3n) is 2.42. The monoisotopic (exact) mass is 219 g/mol. The van der Waals surface area contributed by atoms with Crippen LogP contribution in [-0.2, 0) is 0 Å². The van der Waals surface area contributed by atoms with E-state index < -0.39 is 6.10 Å². The zero-order chi connectivity index (χ0) is 12.1. The molecule has 0 spiro atoms. The number of hydrogen-bond donors (Lipinski definition) is 1. The molecule has 0 aliphatic rings. The maximum Gasteiger partial charge on any atom is 0.126 e. The molecule has 86 valence electrons. The van der Waals surface area contributed by atoms with Crippen LogP contribution < -0.4 is 9.64 Å². The summed E-state index contributed by atoms with van der Waals surface area (Å²) < 4.78 is 5.24. The Morgan fingerprint density at radius 3 is 2.75 bits per heavy atom. The van der Waals surface area contributed by atoms with Gasteiger partial charge in [0.15, 0.2) is 0 Å². The lowest BCUT2D eigenvalue weighted by atomic mass is 10.1. The summed E-state index contributed by atoms with van der Waals surface area (Å²) in [6, 6.07) is 5.63. The van der Waals surface area contributed by atoms with E-state index in [1.807, 2.05) is 30.1 Å². The third kappa shape index (κ3) is 2.47. The van der Waals surface area contributed by atoms with Crippen LogP contribution in [0.1, 0.15) is 18.6 Å². The Kier molecular flexibility index (Phi) is 4.21.